The number of rotatable bonds is 10. The van der Waals surface area contributed by atoms with E-state index in [1.165, 1.54) is 32.7 Å². The molecule has 0 spiro atoms. The lowest BCUT2D eigenvalue weighted by atomic mass is 9.86. The number of hydrogen-bond acceptors (Lipinski definition) is 6. The Morgan fingerprint density at radius 2 is 0.489 bits per heavy atom. The smallest absolute Gasteiger partial charge is 0.164 e. The summed E-state index contributed by atoms with van der Waals surface area (Å²) >= 11 is 0. The quantitative estimate of drug-likeness (QED) is 0.136. The first-order valence-electron chi connectivity index (χ1n) is 30.1. The topological polar surface area (TPSA) is 87.2 Å². The first-order chi connectivity index (χ1) is 42.8. The molecule has 0 N–H and O–H groups in total. The van der Waals surface area contributed by atoms with Crippen molar-refractivity contribution in [3.8, 4) is 102 Å². The van der Waals surface area contributed by atoms with Crippen LogP contribution in [-0.4, -0.2) is 39.0 Å². The van der Waals surface area contributed by atoms with Gasteiger partial charge in [-0.05, 0) is 123 Å². The molecule has 422 valence electrons. The molecule has 0 radical (unpaired) electrons. The molecule has 15 rings (SSSR count). The molecule has 0 amide bonds. The standard InChI is InChI=1S/C80H62N8/c1-79(2,3)61-38-40-71-67(49-61)65-34-19-21-36-69(65)87(71)63-45-57(43-59(47-63)77-83-73(51-24-11-7-12-25-51)81-74(84-77)52-26-13-8-14-27-52)55-32-23-33-56(42-55)58-44-60(78-85-75(53-28-15-9-16-29-53)82-76(86-78)54-30-17-10-18-31-54)48-64(46-58)88-70-37-22-20-35-66(70)68-50-62(80(4,5)6)39-41-72(68)88/h7-50H,1-6H3. The Morgan fingerprint density at radius 3 is 0.830 bits per heavy atom. The fourth-order valence-electron chi connectivity index (χ4n) is 12.3. The number of aromatic nitrogens is 8. The molecule has 0 saturated heterocycles. The van der Waals surface area contributed by atoms with Crippen LogP contribution in [0.3, 0.4) is 0 Å². The SMILES string of the molecule is CC(C)(C)c1ccc2c(c1)c1ccccc1n2-c1cc(-c2cccc(-c3cc(-c4nc(-c5ccccc5)nc(-c5ccccc5)n4)cc(-n4c5ccccc5c5cc(C(C)(C)C)ccc54)c3)c2)cc(-c2nc(-c3ccccc3)nc(-c3ccccc3)n2)c1. The van der Waals surface area contributed by atoms with Gasteiger partial charge in [-0.2, -0.15) is 0 Å². The molecule has 4 heterocycles. The van der Waals surface area contributed by atoms with Gasteiger partial charge in [-0.25, -0.2) is 29.9 Å². The van der Waals surface area contributed by atoms with Crippen molar-refractivity contribution in [3.63, 3.8) is 0 Å². The molecule has 4 aromatic heterocycles. The zero-order valence-electron chi connectivity index (χ0n) is 50.0. The van der Waals surface area contributed by atoms with Crippen molar-refractivity contribution in [1.82, 2.24) is 39.0 Å². The molecule has 8 nitrogen and oxygen atoms in total. The van der Waals surface area contributed by atoms with Gasteiger partial charge >= 0.3 is 0 Å². The number of para-hydroxylation sites is 2. The Hall–Kier alpha value is -11.0. The maximum Gasteiger partial charge on any atom is 0.164 e. The van der Waals surface area contributed by atoms with E-state index in [0.717, 1.165) is 89.1 Å². The molecule has 0 fully saturated rings. The lowest BCUT2D eigenvalue weighted by molar-refractivity contribution is 0.591. The lowest BCUT2D eigenvalue weighted by Crippen LogP contribution is -2.10. The van der Waals surface area contributed by atoms with Crippen molar-refractivity contribution in [3.05, 3.63) is 278 Å². The van der Waals surface area contributed by atoms with Crippen LogP contribution in [0.1, 0.15) is 52.7 Å². The molecule has 0 aliphatic heterocycles. The van der Waals surface area contributed by atoms with Crippen LogP contribution in [0.5, 0.6) is 0 Å². The molecule has 0 atom stereocenters. The van der Waals surface area contributed by atoms with Gasteiger partial charge in [0.2, 0.25) is 0 Å². The van der Waals surface area contributed by atoms with E-state index in [1.54, 1.807) is 0 Å². The molecule has 88 heavy (non-hydrogen) atoms. The van der Waals surface area contributed by atoms with Gasteiger partial charge in [0, 0.05) is 66.3 Å². The van der Waals surface area contributed by atoms with Gasteiger partial charge in [-0.3, -0.25) is 0 Å². The van der Waals surface area contributed by atoms with Crippen molar-refractivity contribution in [2.24, 2.45) is 0 Å². The minimum atomic E-state index is -0.0392. The van der Waals surface area contributed by atoms with Gasteiger partial charge < -0.3 is 9.13 Å². The number of benzene rings is 11. The van der Waals surface area contributed by atoms with E-state index < -0.39 is 0 Å². The molecule has 15 aromatic rings. The third-order valence-electron chi connectivity index (χ3n) is 16.9. The van der Waals surface area contributed by atoms with Crippen LogP contribution in [0.15, 0.2) is 267 Å². The molecule has 8 heteroatoms. The van der Waals surface area contributed by atoms with Gasteiger partial charge in [-0.1, -0.05) is 230 Å². The van der Waals surface area contributed by atoms with E-state index >= 15 is 0 Å². The first kappa shape index (κ1) is 53.7. The van der Waals surface area contributed by atoms with Gasteiger partial charge in [0.15, 0.2) is 34.9 Å². The van der Waals surface area contributed by atoms with E-state index in [4.69, 9.17) is 29.9 Å². The van der Waals surface area contributed by atoms with E-state index in [-0.39, 0.29) is 10.8 Å². The van der Waals surface area contributed by atoms with Crippen molar-refractivity contribution < 1.29 is 0 Å². The monoisotopic (exact) mass is 1130 g/mol. The average molecular weight is 1140 g/mol. The van der Waals surface area contributed by atoms with Gasteiger partial charge in [0.25, 0.3) is 0 Å². The van der Waals surface area contributed by atoms with Crippen molar-refractivity contribution in [2.75, 3.05) is 0 Å². The third kappa shape index (κ3) is 9.98. The van der Waals surface area contributed by atoms with Crippen LogP contribution in [0.2, 0.25) is 0 Å². The molecule has 0 unspecified atom stereocenters. The van der Waals surface area contributed by atoms with E-state index in [2.05, 4.69) is 245 Å². The largest absolute Gasteiger partial charge is 0.309 e. The molecule has 0 saturated carbocycles. The predicted molar refractivity (Wildman–Crippen MR) is 363 cm³/mol. The highest BCUT2D eigenvalue weighted by atomic mass is 15.1. The summed E-state index contributed by atoms with van der Waals surface area (Å²) < 4.78 is 4.80. The molecular formula is C80H62N8. The van der Waals surface area contributed by atoms with Crippen LogP contribution >= 0.6 is 0 Å². The normalized spacial score (nSPS) is 12.0. The summed E-state index contributed by atoms with van der Waals surface area (Å²) in [7, 11) is 0. The van der Waals surface area contributed by atoms with Gasteiger partial charge in [-0.15, -0.1) is 0 Å². The Kier molecular flexibility index (Phi) is 13.1. The number of fused-ring (bicyclic) bond motifs is 6. The first-order valence-corrected chi connectivity index (χ1v) is 30.1. The summed E-state index contributed by atoms with van der Waals surface area (Å²) in [5.41, 5.74) is 18.3. The maximum atomic E-state index is 5.32. The zero-order chi connectivity index (χ0) is 59.7. The summed E-state index contributed by atoms with van der Waals surface area (Å²) in [6.45, 7) is 13.7. The second-order valence-corrected chi connectivity index (χ2v) is 24.9. The fourth-order valence-corrected chi connectivity index (χ4v) is 12.3. The summed E-state index contributed by atoms with van der Waals surface area (Å²) in [4.78, 5) is 31.5. The Bertz CT molecular complexity index is 4710. The highest BCUT2D eigenvalue weighted by Gasteiger charge is 2.24. The third-order valence-corrected chi connectivity index (χ3v) is 16.9. The van der Waals surface area contributed by atoms with Crippen LogP contribution in [0.4, 0.5) is 0 Å². The van der Waals surface area contributed by atoms with E-state index in [1.807, 2.05) is 72.8 Å². The van der Waals surface area contributed by atoms with Crippen LogP contribution < -0.4 is 0 Å². The van der Waals surface area contributed by atoms with E-state index in [0.29, 0.717) is 34.9 Å². The Labute approximate surface area is 512 Å². The lowest BCUT2D eigenvalue weighted by Gasteiger charge is -2.19. The second kappa shape index (κ2) is 21.5. The fraction of sp³-hybridized carbons (Fsp3) is 0.100. The molecule has 0 aliphatic carbocycles. The van der Waals surface area contributed by atoms with Crippen molar-refractivity contribution >= 4 is 43.6 Å². The summed E-state index contributed by atoms with van der Waals surface area (Å²) in [5, 5.41) is 4.78. The van der Waals surface area contributed by atoms with Crippen LogP contribution in [-0.2, 0) is 10.8 Å². The van der Waals surface area contributed by atoms with Gasteiger partial charge in [0.05, 0.1) is 22.1 Å². The second-order valence-electron chi connectivity index (χ2n) is 24.9. The minimum Gasteiger partial charge on any atom is -0.309 e. The van der Waals surface area contributed by atoms with Crippen LogP contribution in [0.25, 0.3) is 146 Å². The van der Waals surface area contributed by atoms with Crippen molar-refractivity contribution in [1.29, 1.82) is 0 Å². The molecule has 0 aliphatic rings. The zero-order valence-corrected chi connectivity index (χ0v) is 50.0. The highest BCUT2D eigenvalue weighted by molar-refractivity contribution is 6.11. The summed E-state index contributed by atoms with van der Waals surface area (Å²) in [6, 6.07) is 94.6. The molecule has 11 aromatic carbocycles. The van der Waals surface area contributed by atoms with Gasteiger partial charge in [0.1, 0.15) is 0 Å². The van der Waals surface area contributed by atoms with Crippen molar-refractivity contribution in [2.45, 2.75) is 52.4 Å². The average Bonchev–Trinajstić information content (AvgIpc) is 1.69. The summed E-state index contributed by atoms with van der Waals surface area (Å²) in [6.07, 6.45) is 0. The Morgan fingerprint density at radius 1 is 0.216 bits per heavy atom. The summed E-state index contributed by atoms with van der Waals surface area (Å²) in [5.74, 6) is 3.55. The Balaban J connectivity index is 0.971. The maximum absolute atomic E-state index is 5.32. The van der Waals surface area contributed by atoms with Crippen LogP contribution in [0, 0.1) is 0 Å². The highest BCUT2D eigenvalue weighted by Crippen LogP contribution is 2.42. The molecule has 0 bridgehead atoms. The van der Waals surface area contributed by atoms with E-state index in [9.17, 15) is 0 Å². The predicted octanol–water partition coefficient (Wildman–Crippen LogP) is 20.2. The molecular weight excluding hydrogens is 1070 g/mol. The number of nitrogens with zero attached hydrogens (tertiary/aromatic N) is 8. The minimum absolute atomic E-state index is 0.0392. The number of hydrogen-bond donors (Lipinski definition) is 0.